The van der Waals surface area contributed by atoms with E-state index < -0.39 is 0 Å². The zero-order chi connectivity index (χ0) is 44.7. The summed E-state index contributed by atoms with van der Waals surface area (Å²) in [7, 11) is 0. The molecule has 0 radical (unpaired) electrons. The monoisotopic (exact) mass is 1040 g/mol. The number of para-hydroxylation sites is 2. The van der Waals surface area contributed by atoms with Crippen molar-refractivity contribution < 1.29 is 26.2 Å². The number of hydrogen-bond acceptors (Lipinski definition) is 3. The number of benzene rings is 7. The van der Waals surface area contributed by atoms with Gasteiger partial charge >= 0.3 is 0 Å². The zero-order valence-electron chi connectivity index (χ0n) is 38.5. The number of fused-ring (bicyclic) bond motifs is 1. The first-order valence-corrected chi connectivity index (χ1v) is 23.2. The Bertz CT molecular complexity index is 3140. The summed E-state index contributed by atoms with van der Waals surface area (Å²) in [5.74, 6) is 1.60. The molecular weight excluding hydrogens is 986 g/mol. The summed E-state index contributed by atoms with van der Waals surface area (Å²) in [6.07, 6.45) is 8.24. The molecule has 66 heavy (non-hydrogen) atoms. The Balaban J connectivity index is 0.00000548. The van der Waals surface area contributed by atoms with Crippen molar-refractivity contribution in [2.45, 2.75) is 77.6 Å². The van der Waals surface area contributed by atoms with Gasteiger partial charge in [0, 0.05) is 43.9 Å². The van der Waals surface area contributed by atoms with E-state index >= 15 is 0 Å². The van der Waals surface area contributed by atoms with Crippen LogP contribution in [0.3, 0.4) is 0 Å². The van der Waals surface area contributed by atoms with Gasteiger partial charge in [0.2, 0.25) is 0 Å². The van der Waals surface area contributed by atoms with E-state index in [1.165, 1.54) is 47.9 Å². The van der Waals surface area contributed by atoms with E-state index in [1.54, 1.807) is 6.07 Å². The summed E-state index contributed by atoms with van der Waals surface area (Å²) in [5, 5.41) is 11.5. The first kappa shape index (κ1) is 44.8. The third-order valence-electron chi connectivity index (χ3n) is 13.7. The van der Waals surface area contributed by atoms with Crippen molar-refractivity contribution in [3.05, 3.63) is 204 Å². The topological polar surface area (TPSA) is 50.9 Å². The van der Waals surface area contributed by atoms with Gasteiger partial charge in [-0.2, -0.15) is 0 Å². The molecule has 0 spiro atoms. The third kappa shape index (κ3) is 8.84. The van der Waals surface area contributed by atoms with Crippen molar-refractivity contribution in [3.63, 3.8) is 0 Å². The summed E-state index contributed by atoms with van der Waals surface area (Å²) in [6, 6.07) is 63.9. The molecule has 0 saturated heterocycles. The summed E-state index contributed by atoms with van der Waals surface area (Å²) < 4.78 is 2.25. The average Bonchev–Trinajstić information content (AvgIpc) is 4.00. The second-order valence-electron chi connectivity index (χ2n) is 19.5. The van der Waals surface area contributed by atoms with E-state index in [2.05, 4.69) is 191 Å². The minimum atomic E-state index is -0.156. The number of phenols is 1. The smallest absolute Gasteiger partial charge is 0.148 e. The number of pyridine rings is 1. The third-order valence-corrected chi connectivity index (χ3v) is 13.7. The summed E-state index contributed by atoms with van der Waals surface area (Å²) in [5.41, 5.74) is 16.6. The van der Waals surface area contributed by atoms with Crippen molar-refractivity contribution in [1.82, 2.24) is 14.5 Å². The van der Waals surface area contributed by atoms with Crippen LogP contribution in [-0.4, -0.2) is 19.6 Å². The van der Waals surface area contributed by atoms with Gasteiger partial charge in [-0.05, 0) is 87.5 Å². The number of aromatic hydroxyl groups is 1. The van der Waals surface area contributed by atoms with Crippen molar-refractivity contribution >= 4 is 11.0 Å². The quantitative estimate of drug-likeness (QED) is 0.139. The first-order valence-electron chi connectivity index (χ1n) is 23.2. The van der Waals surface area contributed by atoms with E-state index in [0.29, 0.717) is 11.4 Å². The van der Waals surface area contributed by atoms with E-state index in [4.69, 9.17) is 9.97 Å². The summed E-state index contributed by atoms with van der Waals surface area (Å²) in [6.45, 7) is 11.3. The Morgan fingerprint density at radius 3 is 1.98 bits per heavy atom. The van der Waals surface area contributed by atoms with Crippen LogP contribution in [-0.2, 0) is 38.3 Å². The fourth-order valence-electron chi connectivity index (χ4n) is 9.85. The molecule has 0 aliphatic heterocycles. The number of hydrogen-bond donors (Lipinski definition) is 1. The fraction of sp³-hybridized carbons (Fsp3) is 0.213. The molecule has 1 saturated carbocycles. The molecule has 9 aromatic rings. The van der Waals surface area contributed by atoms with Crippen LogP contribution in [0.2, 0.25) is 0 Å². The van der Waals surface area contributed by atoms with E-state index in [0.717, 1.165) is 73.7 Å². The van der Waals surface area contributed by atoms with E-state index in [9.17, 15) is 5.11 Å². The van der Waals surface area contributed by atoms with Crippen LogP contribution < -0.4 is 0 Å². The molecule has 0 atom stereocenters. The van der Waals surface area contributed by atoms with Crippen LogP contribution in [0.25, 0.3) is 72.7 Å². The molecule has 2 aromatic heterocycles. The van der Waals surface area contributed by atoms with Gasteiger partial charge in [-0.25, -0.2) is 4.98 Å². The molecule has 1 fully saturated rings. The molecule has 5 heteroatoms. The molecule has 1 N–H and O–H groups in total. The van der Waals surface area contributed by atoms with Gasteiger partial charge in [-0.15, -0.1) is 29.3 Å². The standard InChI is InChI=1S/C61H56N3O.Pt/c1-60(2,3)50-38-46(37-47(39-50)54-40-45(33-34-62-54)43-28-30-49(31-29-43)61(4,5)48-21-10-7-11-22-48)51-24-16-25-56-58(51)63-59(52-23-14-15-26-57(52)65)64(56)55-32-27-42(35-41-17-12-13-18-41)36-53(55)44-19-8-6-9-20-44;/h6-11,14-16,19-34,36,38-41,65H,12-13,17-18,35H2,1-5H3;/q-1;. The van der Waals surface area contributed by atoms with Crippen LogP contribution in [0.1, 0.15) is 82.6 Å². The van der Waals surface area contributed by atoms with Gasteiger partial charge in [-0.1, -0.05) is 193 Å². The maximum atomic E-state index is 11.5. The summed E-state index contributed by atoms with van der Waals surface area (Å²) in [4.78, 5) is 10.5. The van der Waals surface area contributed by atoms with Gasteiger partial charge < -0.3 is 5.11 Å². The Morgan fingerprint density at radius 1 is 0.591 bits per heavy atom. The fourth-order valence-corrected chi connectivity index (χ4v) is 9.85. The van der Waals surface area contributed by atoms with Gasteiger partial charge in [0.1, 0.15) is 11.6 Å². The van der Waals surface area contributed by atoms with E-state index in [1.807, 2.05) is 24.4 Å². The van der Waals surface area contributed by atoms with Gasteiger partial charge in [0.05, 0.1) is 22.3 Å². The minimum Gasteiger partial charge on any atom is -0.507 e. The predicted octanol–water partition coefficient (Wildman–Crippen LogP) is 15.6. The largest absolute Gasteiger partial charge is 0.507 e. The molecule has 332 valence electrons. The van der Waals surface area contributed by atoms with Crippen LogP contribution in [0.5, 0.6) is 5.75 Å². The van der Waals surface area contributed by atoms with Crippen molar-refractivity contribution in [3.8, 4) is 67.5 Å². The van der Waals surface area contributed by atoms with Crippen molar-refractivity contribution in [2.24, 2.45) is 5.92 Å². The first-order chi connectivity index (χ1) is 31.5. The minimum absolute atomic E-state index is 0. The van der Waals surface area contributed by atoms with Gasteiger partial charge in [-0.3, -0.25) is 9.55 Å². The van der Waals surface area contributed by atoms with Crippen LogP contribution in [0.15, 0.2) is 176 Å². The average molecular weight is 1040 g/mol. The van der Waals surface area contributed by atoms with Crippen molar-refractivity contribution in [2.75, 3.05) is 0 Å². The molecule has 0 unspecified atom stereocenters. The molecule has 0 amide bonds. The molecule has 1 aliphatic carbocycles. The molecule has 4 nitrogen and oxygen atoms in total. The zero-order valence-corrected chi connectivity index (χ0v) is 40.7. The number of phenolic OH excluding ortho intramolecular Hbond substituents is 1. The Morgan fingerprint density at radius 2 is 1.26 bits per heavy atom. The molecule has 2 heterocycles. The van der Waals surface area contributed by atoms with Gasteiger partial charge in [0.25, 0.3) is 0 Å². The molecule has 10 rings (SSSR count). The maximum absolute atomic E-state index is 11.5. The predicted molar refractivity (Wildman–Crippen MR) is 269 cm³/mol. The maximum Gasteiger partial charge on any atom is 0.148 e. The Labute approximate surface area is 404 Å². The number of imidazole rings is 1. The normalized spacial score (nSPS) is 13.2. The Hall–Kier alpha value is -6.35. The Kier molecular flexibility index (Phi) is 12.6. The summed E-state index contributed by atoms with van der Waals surface area (Å²) >= 11 is 0. The number of nitrogens with zero attached hydrogens (tertiary/aromatic N) is 3. The number of rotatable bonds is 10. The molecular formula is C61H56N3OPt-. The van der Waals surface area contributed by atoms with Crippen LogP contribution >= 0.6 is 0 Å². The second-order valence-corrected chi connectivity index (χ2v) is 19.5. The van der Waals surface area contributed by atoms with Crippen LogP contribution in [0.4, 0.5) is 0 Å². The van der Waals surface area contributed by atoms with Crippen molar-refractivity contribution in [1.29, 1.82) is 0 Å². The number of aromatic nitrogens is 3. The van der Waals surface area contributed by atoms with Crippen LogP contribution in [0, 0.1) is 12.0 Å². The van der Waals surface area contributed by atoms with Gasteiger partial charge in [0.15, 0.2) is 0 Å². The molecule has 7 aromatic carbocycles. The molecule has 1 aliphatic rings. The van der Waals surface area contributed by atoms with E-state index in [-0.39, 0.29) is 37.6 Å². The molecule has 0 bridgehead atoms. The SMILES string of the molecule is CC(C)(C)c1cc(-c2cc(-c3ccc(C(C)(C)c4ccccc4)cc3)ccn2)[c-]c(-c2cccc3c2nc(-c2ccccc2O)n3-c2ccc(CC3CCCC3)cc2-c2ccccc2)c1.[Pt]. The second kappa shape index (κ2) is 18.5.